The van der Waals surface area contributed by atoms with Gasteiger partial charge in [0.1, 0.15) is 50.3 Å². The molecule has 0 fully saturated rings. The summed E-state index contributed by atoms with van der Waals surface area (Å²) in [6, 6.07) is 31.1. The van der Waals surface area contributed by atoms with Gasteiger partial charge in [0, 0.05) is 34.4 Å². The fourth-order valence-corrected chi connectivity index (χ4v) is 4.89. The third kappa shape index (κ3) is 13.2. The Kier molecular flexibility index (Phi) is 14.6. The van der Waals surface area contributed by atoms with Gasteiger partial charge in [-0.3, -0.25) is 0 Å². The molecule has 5 rings (SSSR count). The van der Waals surface area contributed by atoms with Crippen molar-refractivity contribution in [1.29, 1.82) is 0 Å². The van der Waals surface area contributed by atoms with Gasteiger partial charge in [0.05, 0.1) is 0 Å². The first-order valence-electron chi connectivity index (χ1n) is 17.5. The van der Waals surface area contributed by atoms with Crippen molar-refractivity contribution >= 4 is 35.0 Å². The minimum atomic E-state index is -0.914. The molecule has 0 aliphatic carbocycles. The highest BCUT2D eigenvalue weighted by Crippen LogP contribution is 2.24. The van der Waals surface area contributed by atoms with E-state index in [2.05, 4.69) is 36.8 Å². The van der Waals surface area contributed by atoms with Crippen molar-refractivity contribution in [1.82, 2.24) is 0 Å². The van der Waals surface area contributed by atoms with Gasteiger partial charge >= 0.3 is 24.2 Å². The van der Waals surface area contributed by atoms with E-state index in [4.69, 9.17) is 33.2 Å². The summed E-state index contributed by atoms with van der Waals surface area (Å²) in [5.74, 6) is 12.7. The van der Waals surface area contributed by atoms with E-state index in [1.165, 1.54) is 0 Å². The average molecular weight is 765 g/mol. The van der Waals surface area contributed by atoms with Gasteiger partial charge in [0.25, 0.3) is 0 Å². The molecule has 0 bridgehead atoms. The van der Waals surface area contributed by atoms with Crippen molar-refractivity contribution < 1.29 is 52.3 Å². The van der Waals surface area contributed by atoms with Crippen LogP contribution in [0.15, 0.2) is 128 Å². The van der Waals surface area contributed by atoms with Gasteiger partial charge in [-0.2, -0.15) is 0 Å². The first-order valence-corrected chi connectivity index (χ1v) is 17.5. The van der Waals surface area contributed by atoms with Crippen LogP contribution < -0.4 is 14.2 Å². The van der Waals surface area contributed by atoms with E-state index in [1.54, 1.807) is 48.5 Å². The van der Waals surface area contributed by atoms with Gasteiger partial charge in [-0.05, 0) is 114 Å². The highest BCUT2D eigenvalue weighted by Gasteiger charge is 2.09. The fraction of sp³-hybridized carbons (Fsp3) is 0.130. The molecule has 0 N–H and O–H groups in total. The van der Waals surface area contributed by atoms with Crippen molar-refractivity contribution in [3.63, 3.8) is 0 Å². The SMILES string of the molecule is C=CC(=O)OCCOC(=O)Oc1ccc(C#Cc2ccc(COc3ccc4cc(C#Cc5ccc(OC(=O)OCCOC(=O)C=C)cc5)ccc4c3)c(C)c2)cc1. The molecule has 0 unspecified atom stereocenters. The van der Waals surface area contributed by atoms with Crippen molar-refractivity contribution in [3.8, 4) is 40.9 Å². The molecule has 5 aromatic rings. The Hall–Kier alpha value is -7.76. The molecule has 11 heteroatoms. The number of hydrogen-bond acceptors (Lipinski definition) is 11. The maximum absolute atomic E-state index is 11.8. The molecule has 0 aromatic heterocycles. The number of fused-ring (bicyclic) bond motifs is 1. The zero-order chi connectivity index (χ0) is 40.4. The minimum absolute atomic E-state index is 0.0997. The molecule has 0 aliphatic heterocycles. The van der Waals surface area contributed by atoms with E-state index in [0.717, 1.165) is 62.1 Å². The number of esters is 2. The lowest BCUT2D eigenvalue weighted by Gasteiger charge is -2.10. The van der Waals surface area contributed by atoms with E-state index >= 15 is 0 Å². The summed E-state index contributed by atoms with van der Waals surface area (Å²) < 4.78 is 35.6. The number of ether oxygens (including phenoxy) is 7. The van der Waals surface area contributed by atoms with Crippen LogP contribution in [0.3, 0.4) is 0 Å². The summed E-state index contributed by atoms with van der Waals surface area (Å²) >= 11 is 0. The standard InChI is InChI=1S/C46H36O11/c1-4-43(47)51-24-26-53-45(49)56-40-19-12-33(13-20-40)6-8-35-11-17-39(32(3)28-35)31-55-42-23-18-37-29-36(10-16-38(37)30-42)9-7-34-14-21-41(22-15-34)57-46(50)54-27-25-52-44(48)5-2/h4-5,10-23,28-30H,1-2,24-27,31H2,3H3. The summed E-state index contributed by atoms with van der Waals surface area (Å²) in [6.07, 6.45) is 0.212. The zero-order valence-corrected chi connectivity index (χ0v) is 30.9. The first kappa shape index (κ1) is 40.4. The van der Waals surface area contributed by atoms with Gasteiger partial charge < -0.3 is 33.2 Å². The Morgan fingerprint density at radius 2 is 0.930 bits per heavy atom. The van der Waals surface area contributed by atoms with Crippen LogP contribution >= 0.6 is 0 Å². The van der Waals surface area contributed by atoms with Crippen LogP contribution in [0.2, 0.25) is 0 Å². The smallest absolute Gasteiger partial charge is 0.489 e. The van der Waals surface area contributed by atoms with Crippen molar-refractivity contribution in [2.75, 3.05) is 26.4 Å². The first-order chi connectivity index (χ1) is 27.7. The molecule has 0 atom stereocenters. The third-order valence-corrected chi connectivity index (χ3v) is 7.79. The lowest BCUT2D eigenvalue weighted by Crippen LogP contribution is -2.15. The Morgan fingerprint density at radius 1 is 0.509 bits per heavy atom. The Morgan fingerprint density at radius 3 is 1.46 bits per heavy atom. The lowest BCUT2D eigenvalue weighted by molar-refractivity contribution is -0.139. The average Bonchev–Trinajstić information content (AvgIpc) is 3.22. The highest BCUT2D eigenvalue weighted by molar-refractivity contribution is 5.85. The van der Waals surface area contributed by atoms with Gasteiger partial charge in [0.15, 0.2) is 0 Å². The number of benzene rings is 5. The normalized spacial score (nSPS) is 9.98. The van der Waals surface area contributed by atoms with Crippen LogP contribution in [0, 0.1) is 30.6 Å². The van der Waals surface area contributed by atoms with E-state index in [9.17, 15) is 19.2 Å². The summed E-state index contributed by atoms with van der Waals surface area (Å²) in [7, 11) is 0. The topological polar surface area (TPSA) is 133 Å². The van der Waals surface area contributed by atoms with Crippen molar-refractivity contribution in [2.24, 2.45) is 0 Å². The summed E-state index contributed by atoms with van der Waals surface area (Å²) in [6.45, 7) is 8.48. The Labute approximate surface area is 329 Å². The number of carbonyl (C=O) groups is 4. The number of aryl methyl sites for hydroxylation is 1. The molecule has 0 spiro atoms. The van der Waals surface area contributed by atoms with Crippen LogP contribution in [-0.4, -0.2) is 50.7 Å². The van der Waals surface area contributed by atoms with Gasteiger partial charge in [-0.1, -0.05) is 55.0 Å². The number of rotatable bonds is 13. The third-order valence-electron chi connectivity index (χ3n) is 7.79. The molecule has 0 heterocycles. The largest absolute Gasteiger partial charge is 0.513 e. The lowest BCUT2D eigenvalue weighted by atomic mass is 10.1. The number of carbonyl (C=O) groups excluding carboxylic acids is 4. The molecule has 0 saturated heterocycles. The van der Waals surface area contributed by atoms with E-state index in [-0.39, 0.29) is 37.9 Å². The predicted molar refractivity (Wildman–Crippen MR) is 211 cm³/mol. The molecule has 57 heavy (non-hydrogen) atoms. The van der Waals surface area contributed by atoms with E-state index in [0.29, 0.717) is 6.61 Å². The molecule has 0 amide bonds. The molecule has 11 nitrogen and oxygen atoms in total. The fourth-order valence-electron chi connectivity index (χ4n) is 4.89. The van der Waals surface area contributed by atoms with Crippen LogP contribution in [0.4, 0.5) is 9.59 Å². The second kappa shape index (κ2) is 20.6. The maximum atomic E-state index is 11.8. The van der Waals surface area contributed by atoms with Gasteiger partial charge in [0.2, 0.25) is 0 Å². The molecule has 5 aromatic carbocycles. The summed E-state index contributed by atoms with van der Waals surface area (Å²) in [5, 5.41) is 2.02. The van der Waals surface area contributed by atoms with E-state index < -0.39 is 24.2 Å². The molecule has 286 valence electrons. The molecular formula is C46H36O11. The van der Waals surface area contributed by atoms with Gasteiger partial charge in [-0.15, -0.1) is 0 Å². The van der Waals surface area contributed by atoms with Crippen LogP contribution in [0.25, 0.3) is 10.8 Å². The number of hydrogen-bond donors (Lipinski definition) is 0. The molecular weight excluding hydrogens is 728 g/mol. The van der Waals surface area contributed by atoms with Crippen molar-refractivity contribution in [3.05, 3.63) is 162 Å². The van der Waals surface area contributed by atoms with Crippen LogP contribution in [0.1, 0.15) is 33.4 Å². The van der Waals surface area contributed by atoms with Crippen LogP contribution in [0.5, 0.6) is 17.2 Å². The second-order valence-electron chi connectivity index (χ2n) is 11.8. The molecule has 0 radical (unpaired) electrons. The molecule has 0 aliphatic rings. The zero-order valence-electron chi connectivity index (χ0n) is 30.9. The highest BCUT2D eigenvalue weighted by atomic mass is 16.7. The minimum Gasteiger partial charge on any atom is -0.489 e. The summed E-state index contributed by atoms with van der Waals surface area (Å²) in [5.41, 5.74) is 5.21. The van der Waals surface area contributed by atoms with Gasteiger partial charge in [-0.25, -0.2) is 19.2 Å². The molecule has 0 saturated carbocycles. The summed E-state index contributed by atoms with van der Waals surface area (Å²) in [4.78, 5) is 45.7. The maximum Gasteiger partial charge on any atom is 0.513 e. The van der Waals surface area contributed by atoms with Crippen LogP contribution in [-0.2, 0) is 35.1 Å². The predicted octanol–water partition coefficient (Wildman–Crippen LogP) is 8.02. The Balaban J connectivity index is 1.08. The second-order valence-corrected chi connectivity index (χ2v) is 11.8. The van der Waals surface area contributed by atoms with E-state index in [1.807, 2.05) is 61.5 Å². The van der Waals surface area contributed by atoms with Crippen molar-refractivity contribution in [2.45, 2.75) is 13.5 Å². The Bertz CT molecular complexity index is 2390. The monoisotopic (exact) mass is 764 g/mol. The quantitative estimate of drug-likeness (QED) is 0.0288.